The Hall–Kier alpha value is -0.740. The number of anilines is 1. The van der Waals surface area contributed by atoms with E-state index in [0.29, 0.717) is 10.3 Å². The van der Waals surface area contributed by atoms with Crippen molar-refractivity contribution < 1.29 is 4.39 Å². The van der Waals surface area contributed by atoms with E-state index in [4.69, 9.17) is 5.73 Å². The summed E-state index contributed by atoms with van der Waals surface area (Å²) < 4.78 is 14.3. The summed E-state index contributed by atoms with van der Waals surface area (Å²) in [5, 5.41) is 0. The third kappa shape index (κ3) is 3.42. The van der Waals surface area contributed by atoms with Gasteiger partial charge in [-0.1, -0.05) is 19.9 Å². The molecule has 0 aromatic heterocycles. The standard InChI is InChI=1S/C15H23FN2S/c1-11(17)14-12(16)5-4-6-13(14)18-8-7-15(2,3)19-10-9-18/h4-6,11H,7-10,17H2,1-3H3. The molecule has 1 fully saturated rings. The van der Waals surface area contributed by atoms with E-state index < -0.39 is 0 Å². The van der Waals surface area contributed by atoms with Crippen molar-refractivity contribution in [1.29, 1.82) is 0 Å². The highest BCUT2D eigenvalue weighted by Crippen LogP contribution is 2.34. The van der Waals surface area contributed by atoms with Crippen molar-refractivity contribution >= 4 is 17.4 Å². The Morgan fingerprint density at radius 3 is 2.79 bits per heavy atom. The van der Waals surface area contributed by atoms with Crippen LogP contribution in [0.15, 0.2) is 18.2 Å². The van der Waals surface area contributed by atoms with Crippen LogP contribution in [0.5, 0.6) is 0 Å². The SMILES string of the molecule is CC(N)c1c(F)cccc1N1CCSC(C)(C)CC1. The van der Waals surface area contributed by atoms with Gasteiger partial charge in [-0.15, -0.1) is 0 Å². The first-order chi connectivity index (χ1) is 8.91. The molecular formula is C15H23FN2S. The molecule has 1 saturated heterocycles. The van der Waals surface area contributed by atoms with Crippen LogP contribution in [-0.4, -0.2) is 23.6 Å². The highest BCUT2D eigenvalue weighted by Gasteiger charge is 2.25. The maximum atomic E-state index is 14.0. The molecule has 2 N–H and O–H groups in total. The lowest BCUT2D eigenvalue weighted by atomic mass is 10.0. The second-order valence-corrected chi connectivity index (χ2v) is 7.61. The van der Waals surface area contributed by atoms with Gasteiger partial charge in [-0.2, -0.15) is 11.8 Å². The normalized spacial score (nSPS) is 21.0. The molecule has 0 saturated carbocycles. The van der Waals surface area contributed by atoms with Gasteiger partial charge in [0.1, 0.15) is 5.82 Å². The number of hydrogen-bond donors (Lipinski definition) is 1. The summed E-state index contributed by atoms with van der Waals surface area (Å²) in [4.78, 5) is 2.28. The first-order valence-corrected chi connectivity index (χ1v) is 7.82. The fourth-order valence-corrected chi connectivity index (χ4v) is 3.61. The first kappa shape index (κ1) is 14.7. The summed E-state index contributed by atoms with van der Waals surface area (Å²) in [6, 6.07) is 4.99. The molecule has 0 bridgehead atoms. The summed E-state index contributed by atoms with van der Waals surface area (Å²) in [6.45, 7) is 8.32. The Labute approximate surface area is 119 Å². The second-order valence-electron chi connectivity index (χ2n) is 5.81. The average molecular weight is 282 g/mol. The number of rotatable bonds is 2. The minimum Gasteiger partial charge on any atom is -0.370 e. The quantitative estimate of drug-likeness (QED) is 0.899. The van der Waals surface area contributed by atoms with E-state index in [-0.39, 0.29) is 11.9 Å². The van der Waals surface area contributed by atoms with Crippen molar-refractivity contribution in [2.75, 3.05) is 23.7 Å². The third-order valence-corrected chi connectivity index (χ3v) is 5.04. The second kappa shape index (κ2) is 5.71. The topological polar surface area (TPSA) is 29.3 Å². The summed E-state index contributed by atoms with van der Waals surface area (Å²) in [6.07, 6.45) is 1.10. The van der Waals surface area contributed by atoms with E-state index in [1.807, 2.05) is 24.8 Å². The van der Waals surface area contributed by atoms with E-state index in [0.717, 1.165) is 31.0 Å². The van der Waals surface area contributed by atoms with Gasteiger partial charge < -0.3 is 10.6 Å². The van der Waals surface area contributed by atoms with Gasteiger partial charge in [0.15, 0.2) is 0 Å². The average Bonchev–Trinajstić information content (AvgIpc) is 2.49. The largest absolute Gasteiger partial charge is 0.370 e. The minimum absolute atomic E-state index is 0.191. The molecule has 1 atom stereocenters. The van der Waals surface area contributed by atoms with Crippen LogP contribution >= 0.6 is 11.8 Å². The van der Waals surface area contributed by atoms with Gasteiger partial charge in [0.25, 0.3) is 0 Å². The molecule has 106 valence electrons. The first-order valence-electron chi connectivity index (χ1n) is 6.83. The monoisotopic (exact) mass is 282 g/mol. The third-order valence-electron chi connectivity index (χ3n) is 3.66. The van der Waals surface area contributed by atoms with Crippen molar-refractivity contribution in [3.8, 4) is 0 Å². The van der Waals surface area contributed by atoms with Gasteiger partial charge in [-0.25, -0.2) is 4.39 Å². The zero-order chi connectivity index (χ0) is 14.0. The van der Waals surface area contributed by atoms with E-state index in [1.54, 1.807) is 6.07 Å². The van der Waals surface area contributed by atoms with Gasteiger partial charge in [0.2, 0.25) is 0 Å². The Balaban J connectivity index is 2.29. The molecule has 19 heavy (non-hydrogen) atoms. The van der Waals surface area contributed by atoms with Crippen molar-refractivity contribution in [3.05, 3.63) is 29.6 Å². The van der Waals surface area contributed by atoms with Gasteiger partial charge in [0, 0.05) is 40.9 Å². The molecule has 1 aliphatic rings. The Morgan fingerprint density at radius 2 is 2.11 bits per heavy atom. The molecule has 1 aliphatic heterocycles. The number of benzene rings is 1. The Morgan fingerprint density at radius 1 is 1.37 bits per heavy atom. The van der Waals surface area contributed by atoms with Crippen molar-refractivity contribution in [2.45, 2.75) is 38.0 Å². The molecule has 1 heterocycles. The van der Waals surface area contributed by atoms with Crippen molar-refractivity contribution in [3.63, 3.8) is 0 Å². The van der Waals surface area contributed by atoms with Crippen molar-refractivity contribution in [1.82, 2.24) is 0 Å². The fourth-order valence-electron chi connectivity index (χ4n) is 2.51. The lowest BCUT2D eigenvalue weighted by Crippen LogP contribution is -2.29. The van der Waals surface area contributed by atoms with Crippen LogP contribution < -0.4 is 10.6 Å². The summed E-state index contributed by atoms with van der Waals surface area (Å²) >= 11 is 1.99. The van der Waals surface area contributed by atoms with Gasteiger partial charge in [0.05, 0.1) is 0 Å². The highest BCUT2D eigenvalue weighted by molar-refractivity contribution is 8.00. The predicted molar refractivity (Wildman–Crippen MR) is 82.4 cm³/mol. The number of thioether (sulfide) groups is 1. The summed E-state index contributed by atoms with van der Waals surface area (Å²) in [7, 11) is 0. The molecule has 0 aliphatic carbocycles. The van der Waals surface area contributed by atoms with Crippen LogP contribution in [0, 0.1) is 5.82 Å². The van der Waals surface area contributed by atoms with Crippen LogP contribution in [0.2, 0.25) is 0 Å². The molecule has 1 aromatic rings. The van der Waals surface area contributed by atoms with Crippen LogP contribution in [0.25, 0.3) is 0 Å². The van der Waals surface area contributed by atoms with Crippen molar-refractivity contribution in [2.24, 2.45) is 5.73 Å². The predicted octanol–water partition coefficient (Wildman–Crippen LogP) is 3.57. The van der Waals surface area contributed by atoms with Gasteiger partial charge >= 0.3 is 0 Å². The van der Waals surface area contributed by atoms with Crippen LogP contribution in [0.3, 0.4) is 0 Å². The molecule has 1 unspecified atom stereocenters. The number of nitrogens with two attached hydrogens (primary N) is 1. The highest BCUT2D eigenvalue weighted by atomic mass is 32.2. The van der Waals surface area contributed by atoms with E-state index in [2.05, 4.69) is 18.7 Å². The minimum atomic E-state index is -0.278. The lowest BCUT2D eigenvalue weighted by molar-refractivity contribution is 0.588. The van der Waals surface area contributed by atoms with Gasteiger partial charge in [-0.3, -0.25) is 0 Å². The molecule has 2 nitrogen and oxygen atoms in total. The maximum Gasteiger partial charge on any atom is 0.130 e. The van der Waals surface area contributed by atoms with E-state index in [1.165, 1.54) is 6.07 Å². The molecule has 2 rings (SSSR count). The zero-order valence-corrected chi connectivity index (χ0v) is 12.8. The van der Waals surface area contributed by atoms with Gasteiger partial charge in [-0.05, 0) is 25.5 Å². The zero-order valence-electron chi connectivity index (χ0n) is 11.9. The molecule has 4 heteroatoms. The molecule has 0 amide bonds. The van der Waals surface area contributed by atoms with E-state index in [9.17, 15) is 4.39 Å². The molecule has 1 aromatic carbocycles. The maximum absolute atomic E-state index is 14.0. The van der Waals surface area contributed by atoms with Crippen LogP contribution in [0.4, 0.5) is 10.1 Å². The lowest BCUT2D eigenvalue weighted by Gasteiger charge is -2.27. The Bertz CT molecular complexity index is 446. The number of hydrogen-bond acceptors (Lipinski definition) is 3. The molecular weight excluding hydrogens is 259 g/mol. The fraction of sp³-hybridized carbons (Fsp3) is 0.600. The molecule has 0 spiro atoms. The number of nitrogens with zero attached hydrogens (tertiary/aromatic N) is 1. The Kier molecular flexibility index (Phi) is 4.41. The van der Waals surface area contributed by atoms with Crippen LogP contribution in [-0.2, 0) is 0 Å². The van der Waals surface area contributed by atoms with Crippen LogP contribution in [0.1, 0.15) is 38.8 Å². The smallest absolute Gasteiger partial charge is 0.130 e. The summed E-state index contributed by atoms with van der Waals surface area (Å²) in [5.74, 6) is 0.880. The number of halogens is 1. The summed E-state index contributed by atoms with van der Waals surface area (Å²) in [5.41, 5.74) is 7.55. The molecule has 0 radical (unpaired) electrons. The van der Waals surface area contributed by atoms with E-state index >= 15 is 0 Å².